The van der Waals surface area contributed by atoms with Crippen molar-refractivity contribution < 1.29 is 24.9 Å². The predicted molar refractivity (Wildman–Crippen MR) is 65.2 cm³/mol. The van der Waals surface area contributed by atoms with Crippen molar-refractivity contribution in [3.63, 3.8) is 0 Å². The lowest BCUT2D eigenvalue weighted by atomic mass is 10.3. The number of hydrogen-bond acceptors (Lipinski definition) is 4. The van der Waals surface area contributed by atoms with Crippen molar-refractivity contribution >= 4 is 5.97 Å². The second kappa shape index (κ2) is 10.5. The van der Waals surface area contributed by atoms with Gasteiger partial charge in [-0.2, -0.15) is 0 Å². The van der Waals surface area contributed by atoms with Crippen LogP contribution >= 0.6 is 0 Å². The monoisotopic (exact) mass is 242 g/mol. The van der Waals surface area contributed by atoms with E-state index in [1.807, 2.05) is 0 Å². The maximum Gasteiger partial charge on any atom is 0.330 e. The molecule has 0 aliphatic carbocycles. The first-order valence-corrected chi connectivity index (χ1v) is 4.62. The van der Waals surface area contributed by atoms with Crippen molar-refractivity contribution in [3.05, 3.63) is 36.4 Å². The molecule has 0 radical (unpaired) electrons. The van der Waals surface area contributed by atoms with Gasteiger partial charge in [0, 0.05) is 19.8 Å². The first-order valence-electron chi connectivity index (χ1n) is 4.62. The molecule has 0 aliphatic heterocycles. The molecule has 0 amide bonds. The molecule has 1 rings (SSSR count). The van der Waals surface area contributed by atoms with Gasteiger partial charge in [-0.15, -0.1) is 0 Å². The standard InChI is InChI=1S/C6H6O2.C4H6O2.C2H6O/c7-5-3-1-2-4-6(5)8;1-3(2)4(5)6;1-3-2/h1-4,7-8H;1H2,2H3,(H,5,6);1-2H3. The molecule has 0 unspecified atom stereocenters. The lowest BCUT2D eigenvalue weighted by Gasteiger charge is -1.91. The molecule has 3 N–H and O–H groups in total. The molecule has 0 bridgehead atoms. The van der Waals surface area contributed by atoms with Gasteiger partial charge >= 0.3 is 5.97 Å². The Kier molecular flexibility index (Phi) is 10.7. The number of benzene rings is 1. The fraction of sp³-hybridized carbons (Fsp3) is 0.250. The molecule has 1 aromatic carbocycles. The Bertz CT molecular complexity index is 314. The van der Waals surface area contributed by atoms with E-state index in [9.17, 15) is 4.79 Å². The second-order valence-corrected chi connectivity index (χ2v) is 2.98. The summed E-state index contributed by atoms with van der Waals surface area (Å²) in [4.78, 5) is 9.60. The Hall–Kier alpha value is -2.01. The van der Waals surface area contributed by atoms with E-state index in [4.69, 9.17) is 15.3 Å². The van der Waals surface area contributed by atoms with Gasteiger partial charge in [0.25, 0.3) is 0 Å². The minimum absolute atomic E-state index is 0.0764. The van der Waals surface area contributed by atoms with Gasteiger partial charge in [-0.05, 0) is 19.1 Å². The van der Waals surface area contributed by atoms with Crippen LogP contribution in [0.5, 0.6) is 11.5 Å². The van der Waals surface area contributed by atoms with Crippen LogP contribution in [0.25, 0.3) is 0 Å². The van der Waals surface area contributed by atoms with Gasteiger partial charge in [-0.25, -0.2) is 4.79 Å². The number of aromatic hydroxyl groups is 2. The maximum absolute atomic E-state index is 9.60. The van der Waals surface area contributed by atoms with Gasteiger partial charge in [-0.1, -0.05) is 18.7 Å². The number of carboxylic acid groups (broad SMARTS) is 1. The van der Waals surface area contributed by atoms with Gasteiger partial charge in [0.1, 0.15) is 0 Å². The lowest BCUT2D eigenvalue weighted by molar-refractivity contribution is -0.132. The molecule has 0 heterocycles. The highest BCUT2D eigenvalue weighted by atomic mass is 16.4. The number of phenols is 2. The Morgan fingerprint density at radius 2 is 1.41 bits per heavy atom. The van der Waals surface area contributed by atoms with E-state index in [0.717, 1.165) is 0 Å². The topological polar surface area (TPSA) is 87.0 Å². The van der Waals surface area contributed by atoms with Gasteiger partial charge in [0.05, 0.1) is 0 Å². The Morgan fingerprint density at radius 1 is 1.18 bits per heavy atom. The molecule has 0 spiro atoms. The van der Waals surface area contributed by atoms with Gasteiger partial charge in [-0.3, -0.25) is 0 Å². The first-order chi connectivity index (χ1) is 7.86. The summed E-state index contributed by atoms with van der Waals surface area (Å²) in [5.41, 5.74) is 0.176. The predicted octanol–water partition coefficient (Wildman–Crippen LogP) is 2.01. The number of methoxy groups -OCH3 is 1. The number of rotatable bonds is 1. The van der Waals surface area contributed by atoms with Crippen LogP contribution in [0.2, 0.25) is 0 Å². The van der Waals surface area contributed by atoms with Crippen LogP contribution < -0.4 is 0 Å². The zero-order valence-electron chi connectivity index (χ0n) is 10.2. The summed E-state index contributed by atoms with van der Waals surface area (Å²) in [7, 11) is 3.25. The molecule has 1 aromatic rings. The van der Waals surface area contributed by atoms with Crippen molar-refractivity contribution in [2.75, 3.05) is 14.2 Å². The first kappa shape index (κ1) is 17.4. The van der Waals surface area contributed by atoms with Crippen LogP contribution in [0.15, 0.2) is 36.4 Å². The molecular weight excluding hydrogens is 224 g/mol. The maximum atomic E-state index is 9.60. The summed E-state index contributed by atoms with van der Waals surface area (Å²) < 4.78 is 4.25. The van der Waals surface area contributed by atoms with E-state index in [0.29, 0.717) is 0 Å². The van der Waals surface area contributed by atoms with Crippen molar-refractivity contribution in [3.8, 4) is 11.5 Å². The summed E-state index contributed by atoms with van der Waals surface area (Å²) in [6.45, 7) is 4.60. The van der Waals surface area contributed by atoms with E-state index >= 15 is 0 Å². The van der Waals surface area contributed by atoms with Crippen molar-refractivity contribution in [2.24, 2.45) is 0 Å². The van der Waals surface area contributed by atoms with Crippen LogP contribution in [0.3, 0.4) is 0 Å². The van der Waals surface area contributed by atoms with Crippen LogP contribution in [0.4, 0.5) is 0 Å². The highest BCUT2D eigenvalue weighted by Crippen LogP contribution is 2.21. The number of carboxylic acids is 1. The zero-order chi connectivity index (χ0) is 13.8. The van der Waals surface area contributed by atoms with E-state index in [1.165, 1.54) is 19.1 Å². The zero-order valence-corrected chi connectivity index (χ0v) is 10.2. The number of ether oxygens (including phenoxy) is 1. The van der Waals surface area contributed by atoms with Crippen LogP contribution in [0.1, 0.15) is 6.92 Å². The summed E-state index contributed by atoms with van der Waals surface area (Å²) >= 11 is 0. The molecule has 0 aromatic heterocycles. The smallest absolute Gasteiger partial charge is 0.330 e. The number of carbonyl (C=O) groups is 1. The van der Waals surface area contributed by atoms with Crippen LogP contribution in [-0.4, -0.2) is 35.5 Å². The summed E-state index contributed by atoms with van der Waals surface area (Å²) in [6, 6.07) is 6.15. The average molecular weight is 242 g/mol. The molecule has 96 valence electrons. The Labute approximate surface area is 101 Å². The van der Waals surface area contributed by atoms with Crippen molar-refractivity contribution in [2.45, 2.75) is 6.92 Å². The molecule has 5 heteroatoms. The minimum Gasteiger partial charge on any atom is -0.504 e. The molecular formula is C12H18O5. The molecule has 0 atom stereocenters. The SMILES string of the molecule is C=C(C)C(=O)O.COC.Oc1ccccc1O. The third-order valence-electron chi connectivity index (χ3n) is 1.25. The van der Waals surface area contributed by atoms with E-state index in [2.05, 4.69) is 11.3 Å². The van der Waals surface area contributed by atoms with Crippen molar-refractivity contribution in [1.82, 2.24) is 0 Å². The molecule has 0 fully saturated rings. The Balaban J connectivity index is 0. The third-order valence-corrected chi connectivity index (χ3v) is 1.25. The van der Waals surface area contributed by atoms with E-state index < -0.39 is 5.97 Å². The number of hydrogen-bond donors (Lipinski definition) is 3. The highest BCUT2D eigenvalue weighted by molar-refractivity contribution is 5.84. The van der Waals surface area contributed by atoms with Crippen LogP contribution in [-0.2, 0) is 9.53 Å². The van der Waals surface area contributed by atoms with E-state index in [-0.39, 0.29) is 17.1 Å². The number of para-hydroxylation sites is 2. The molecule has 5 nitrogen and oxygen atoms in total. The molecule has 0 saturated heterocycles. The average Bonchev–Trinajstić information content (AvgIpc) is 2.24. The highest BCUT2D eigenvalue weighted by Gasteiger charge is 1.90. The second-order valence-electron chi connectivity index (χ2n) is 2.98. The van der Waals surface area contributed by atoms with Gasteiger partial charge < -0.3 is 20.1 Å². The normalized spacial score (nSPS) is 7.94. The van der Waals surface area contributed by atoms with E-state index in [1.54, 1.807) is 26.4 Å². The number of phenolic OH excluding ortho intramolecular Hbond substituents is 2. The molecule has 17 heavy (non-hydrogen) atoms. The fourth-order valence-electron chi connectivity index (χ4n) is 0.464. The lowest BCUT2D eigenvalue weighted by Crippen LogP contribution is -1.92. The van der Waals surface area contributed by atoms with Gasteiger partial charge in [0.2, 0.25) is 0 Å². The minimum atomic E-state index is -0.935. The Morgan fingerprint density at radius 3 is 1.53 bits per heavy atom. The summed E-state index contributed by atoms with van der Waals surface area (Å²) in [5.74, 6) is -1.09. The largest absolute Gasteiger partial charge is 0.504 e. The van der Waals surface area contributed by atoms with Crippen LogP contribution in [0, 0.1) is 0 Å². The number of aliphatic carboxylic acids is 1. The molecule has 0 aliphatic rings. The van der Waals surface area contributed by atoms with Crippen molar-refractivity contribution in [1.29, 1.82) is 0 Å². The quantitative estimate of drug-likeness (QED) is 0.518. The summed E-state index contributed by atoms with van der Waals surface area (Å²) in [6.07, 6.45) is 0. The third kappa shape index (κ3) is 11.9. The fourth-order valence-corrected chi connectivity index (χ4v) is 0.464. The summed E-state index contributed by atoms with van der Waals surface area (Å²) in [5, 5.41) is 25.2. The molecule has 0 saturated carbocycles. The van der Waals surface area contributed by atoms with Gasteiger partial charge in [0.15, 0.2) is 11.5 Å².